The van der Waals surface area contributed by atoms with Crippen LogP contribution in [0.15, 0.2) is 32.3 Å². The van der Waals surface area contributed by atoms with Gasteiger partial charge in [-0.3, -0.25) is 4.57 Å². The summed E-state index contributed by atoms with van der Waals surface area (Å²) in [4.78, 5) is 11.5. The Hall–Kier alpha value is -1.64. The highest BCUT2D eigenvalue weighted by Crippen LogP contribution is 2.18. The Bertz CT molecular complexity index is 815. The Labute approximate surface area is 121 Å². The zero-order chi connectivity index (χ0) is 15.0. The van der Waals surface area contributed by atoms with Gasteiger partial charge in [0, 0.05) is 20.2 Å². The van der Waals surface area contributed by atoms with Crippen LogP contribution in [0, 0.1) is 0 Å². The second kappa shape index (κ2) is 5.28. The second-order valence-electron chi connectivity index (χ2n) is 5.04. The van der Waals surface area contributed by atoms with Gasteiger partial charge in [0.25, 0.3) is 0 Å². The third kappa shape index (κ3) is 2.74. The minimum atomic E-state index is -3.63. The van der Waals surface area contributed by atoms with E-state index in [2.05, 4.69) is 4.72 Å². The van der Waals surface area contributed by atoms with E-state index in [0.29, 0.717) is 17.7 Å². The first kappa shape index (κ1) is 14.3. The molecule has 0 saturated carbocycles. The van der Waals surface area contributed by atoms with E-state index in [0.717, 1.165) is 12.8 Å². The van der Waals surface area contributed by atoms with Crippen molar-refractivity contribution in [1.82, 2.24) is 9.29 Å². The van der Waals surface area contributed by atoms with Crippen molar-refractivity contribution in [1.29, 1.82) is 0 Å². The third-order valence-electron chi connectivity index (χ3n) is 3.60. The maximum atomic E-state index is 12.3. The van der Waals surface area contributed by atoms with Crippen molar-refractivity contribution in [3.05, 3.63) is 28.7 Å². The molecule has 0 bridgehead atoms. The molecule has 7 nitrogen and oxygen atoms in total. The monoisotopic (exact) mass is 312 g/mol. The summed E-state index contributed by atoms with van der Waals surface area (Å²) in [6.45, 7) is 0.931. The average molecular weight is 312 g/mol. The highest BCUT2D eigenvalue weighted by molar-refractivity contribution is 7.89. The molecule has 0 radical (unpaired) electrons. The zero-order valence-electron chi connectivity index (χ0n) is 11.5. The molecule has 8 heteroatoms. The van der Waals surface area contributed by atoms with Gasteiger partial charge in [0.2, 0.25) is 10.0 Å². The molecule has 1 aliphatic heterocycles. The molecule has 1 aliphatic rings. The molecule has 1 unspecified atom stereocenters. The Morgan fingerprint density at radius 1 is 1.43 bits per heavy atom. The predicted octanol–water partition coefficient (Wildman–Crippen LogP) is 0.589. The lowest BCUT2D eigenvalue weighted by atomic mass is 10.2. The van der Waals surface area contributed by atoms with Gasteiger partial charge in [-0.15, -0.1) is 0 Å². The lowest BCUT2D eigenvalue weighted by molar-refractivity contribution is 0.114. The van der Waals surface area contributed by atoms with E-state index in [1.165, 1.54) is 29.8 Å². The van der Waals surface area contributed by atoms with Crippen LogP contribution in [0.5, 0.6) is 0 Å². The van der Waals surface area contributed by atoms with Gasteiger partial charge in [-0.05, 0) is 31.0 Å². The summed E-state index contributed by atoms with van der Waals surface area (Å²) >= 11 is 0. The van der Waals surface area contributed by atoms with Crippen LogP contribution in [-0.2, 0) is 21.8 Å². The third-order valence-corrected chi connectivity index (χ3v) is 5.02. The van der Waals surface area contributed by atoms with E-state index < -0.39 is 15.8 Å². The first-order chi connectivity index (χ1) is 9.97. The highest BCUT2D eigenvalue weighted by atomic mass is 32.2. The van der Waals surface area contributed by atoms with Crippen molar-refractivity contribution in [3.8, 4) is 0 Å². The Morgan fingerprint density at radius 3 is 2.95 bits per heavy atom. The van der Waals surface area contributed by atoms with Gasteiger partial charge in [-0.25, -0.2) is 17.9 Å². The van der Waals surface area contributed by atoms with Gasteiger partial charge >= 0.3 is 5.76 Å². The largest absolute Gasteiger partial charge is 0.419 e. The van der Waals surface area contributed by atoms with Crippen molar-refractivity contribution in [2.45, 2.75) is 23.8 Å². The van der Waals surface area contributed by atoms with Crippen LogP contribution in [0.1, 0.15) is 12.8 Å². The van der Waals surface area contributed by atoms with Gasteiger partial charge in [-0.1, -0.05) is 0 Å². The molecule has 0 amide bonds. The van der Waals surface area contributed by atoms with Crippen LogP contribution in [0.3, 0.4) is 0 Å². The van der Waals surface area contributed by atoms with Gasteiger partial charge < -0.3 is 9.15 Å². The number of rotatable bonds is 4. The van der Waals surface area contributed by atoms with E-state index in [4.69, 9.17) is 9.15 Å². The molecule has 3 rings (SSSR count). The molecule has 1 fully saturated rings. The van der Waals surface area contributed by atoms with Crippen LogP contribution < -0.4 is 10.5 Å². The number of aryl methyl sites for hydroxylation is 1. The van der Waals surface area contributed by atoms with Crippen LogP contribution in [0.25, 0.3) is 11.1 Å². The molecular weight excluding hydrogens is 296 g/mol. The van der Waals surface area contributed by atoms with Crippen molar-refractivity contribution < 1.29 is 17.6 Å². The number of ether oxygens (including phenoxy) is 1. The minimum absolute atomic E-state index is 0.0678. The Balaban J connectivity index is 1.87. The van der Waals surface area contributed by atoms with Gasteiger partial charge in [0.1, 0.15) is 0 Å². The van der Waals surface area contributed by atoms with Crippen LogP contribution in [0.2, 0.25) is 0 Å². The van der Waals surface area contributed by atoms with Crippen LogP contribution in [-0.4, -0.2) is 32.2 Å². The highest BCUT2D eigenvalue weighted by Gasteiger charge is 2.21. The molecule has 2 aromatic rings. The quantitative estimate of drug-likeness (QED) is 0.892. The molecule has 21 heavy (non-hydrogen) atoms. The molecule has 1 atom stereocenters. The van der Waals surface area contributed by atoms with E-state index >= 15 is 0 Å². The summed E-state index contributed by atoms with van der Waals surface area (Å²) in [6, 6.07) is 4.33. The summed E-state index contributed by atoms with van der Waals surface area (Å²) < 4.78 is 38.7. The standard InChI is InChI=1S/C13H16N2O5S/c1-15-11-7-10(4-5-12(11)20-13(15)16)21(17,18)14-8-9-3-2-6-19-9/h4-5,7,9,14H,2-3,6,8H2,1H3. The van der Waals surface area contributed by atoms with Crippen LogP contribution in [0.4, 0.5) is 0 Å². The van der Waals surface area contributed by atoms with Crippen molar-refractivity contribution in [3.63, 3.8) is 0 Å². The Morgan fingerprint density at radius 2 is 2.24 bits per heavy atom. The first-order valence-electron chi connectivity index (χ1n) is 6.68. The normalized spacial score (nSPS) is 19.4. The molecule has 0 aliphatic carbocycles. The Kier molecular flexibility index (Phi) is 3.60. The number of hydrogen-bond donors (Lipinski definition) is 1. The molecule has 2 heterocycles. The maximum absolute atomic E-state index is 12.3. The topological polar surface area (TPSA) is 90.5 Å². The average Bonchev–Trinajstić information content (AvgIpc) is 3.06. The summed E-state index contributed by atoms with van der Waals surface area (Å²) in [5, 5.41) is 0. The fraction of sp³-hybridized carbons (Fsp3) is 0.462. The number of benzene rings is 1. The number of sulfonamides is 1. The molecule has 114 valence electrons. The fourth-order valence-corrected chi connectivity index (χ4v) is 3.45. The van der Waals surface area contributed by atoms with E-state index in [-0.39, 0.29) is 17.5 Å². The number of oxazole rings is 1. The van der Waals surface area contributed by atoms with Crippen molar-refractivity contribution in [2.75, 3.05) is 13.2 Å². The van der Waals surface area contributed by atoms with Crippen LogP contribution >= 0.6 is 0 Å². The number of aromatic nitrogens is 1. The van der Waals surface area contributed by atoms with Crippen molar-refractivity contribution in [2.24, 2.45) is 7.05 Å². The van der Waals surface area contributed by atoms with Gasteiger partial charge in [-0.2, -0.15) is 0 Å². The lowest BCUT2D eigenvalue weighted by Crippen LogP contribution is -2.31. The molecule has 0 spiro atoms. The number of nitrogens with zero attached hydrogens (tertiary/aromatic N) is 1. The summed E-state index contributed by atoms with van der Waals surface area (Å²) in [6.07, 6.45) is 1.74. The summed E-state index contributed by atoms with van der Waals surface area (Å²) in [7, 11) is -2.10. The van der Waals surface area contributed by atoms with E-state index in [9.17, 15) is 13.2 Å². The molecule has 1 aromatic heterocycles. The molecular formula is C13H16N2O5S. The molecule has 1 saturated heterocycles. The number of hydrogen-bond acceptors (Lipinski definition) is 5. The SMILES string of the molecule is Cn1c(=O)oc2ccc(S(=O)(=O)NCC3CCCO3)cc21. The van der Waals surface area contributed by atoms with Crippen molar-refractivity contribution >= 4 is 21.1 Å². The first-order valence-corrected chi connectivity index (χ1v) is 8.16. The smallest absolute Gasteiger partial charge is 0.408 e. The fourth-order valence-electron chi connectivity index (χ4n) is 2.36. The molecule has 1 aromatic carbocycles. The summed E-state index contributed by atoms with van der Waals surface area (Å²) in [5.41, 5.74) is 0.806. The summed E-state index contributed by atoms with van der Waals surface area (Å²) in [5.74, 6) is -0.521. The number of fused-ring (bicyclic) bond motifs is 1. The second-order valence-corrected chi connectivity index (χ2v) is 6.81. The number of nitrogens with one attached hydrogen (secondary N) is 1. The van der Waals surface area contributed by atoms with Gasteiger partial charge in [0.05, 0.1) is 16.5 Å². The van der Waals surface area contributed by atoms with E-state index in [1.54, 1.807) is 0 Å². The predicted molar refractivity (Wildman–Crippen MR) is 75.6 cm³/mol. The molecule has 1 N–H and O–H groups in total. The maximum Gasteiger partial charge on any atom is 0.419 e. The zero-order valence-corrected chi connectivity index (χ0v) is 12.4. The van der Waals surface area contributed by atoms with E-state index in [1.807, 2.05) is 0 Å². The minimum Gasteiger partial charge on any atom is -0.408 e. The lowest BCUT2D eigenvalue weighted by Gasteiger charge is -2.11. The van der Waals surface area contributed by atoms with Gasteiger partial charge in [0.15, 0.2) is 5.58 Å².